The number of hydrogen-bond acceptors (Lipinski definition) is 6. The van der Waals surface area contributed by atoms with Crippen molar-refractivity contribution in [2.75, 3.05) is 12.4 Å². The van der Waals surface area contributed by atoms with Crippen molar-refractivity contribution in [2.24, 2.45) is 18.9 Å². The van der Waals surface area contributed by atoms with Crippen molar-refractivity contribution < 1.29 is 9.53 Å². The van der Waals surface area contributed by atoms with Gasteiger partial charge < -0.3 is 19.6 Å². The molecule has 3 aromatic rings. The van der Waals surface area contributed by atoms with Crippen LogP contribution in [0, 0.1) is 11.8 Å². The van der Waals surface area contributed by atoms with Crippen LogP contribution in [0.4, 0.5) is 11.4 Å². The van der Waals surface area contributed by atoms with E-state index in [1.807, 2.05) is 33.3 Å². The fourth-order valence-corrected chi connectivity index (χ4v) is 3.45. The lowest BCUT2D eigenvalue weighted by molar-refractivity contribution is -0.112. The SMILES string of the molecule is C=CC(C)=O.CC.CCC(C)C(CC)Cn1cc(Nc2cn(C)nc2OC)c2nc[nH]c2c1=O. The molecule has 0 aliphatic rings. The molecule has 9 nitrogen and oxygen atoms in total. The van der Waals surface area contributed by atoms with Crippen LogP contribution in [0.5, 0.6) is 5.88 Å². The number of H-pyrrole nitrogens is 1. The lowest BCUT2D eigenvalue weighted by Gasteiger charge is -2.23. The first-order valence-electron chi connectivity index (χ1n) is 11.8. The molecule has 0 aliphatic heterocycles. The smallest absolute Gasteiger partial charge is 0.276 e. The van der Waals surface area contributed by atoms with Crippen molar-refractivity contribution in [3.63, 3.8) is 0 Å². The Morgan fingerprint density at radius 2 is 1.91 bits per heavy atom. The largest absolute Gasteiger partial charge is 0.478 e. The monoisotopic (exact) mass is 472 g/mol. The molecule has 188 valence electrons. The molecule has 34 heavy (non-hydrogen) atoms. The van der Waals surface area contributed by atoms with Crippen LogP contribution in [-0.4, -0.2) is 37.2 Å². The van der Waals surface area contributed by atoms with E-state index in [4.69, 9.17) is 4.74 Å². The first-order chi connectivity index (χ1) is 16.2. The number of carbonyl (C=O) groups excluding carboxylic acids is 1. The van der Waals surface area contributed by atoms with E-state index in [9.17, 15) is 9.59 Å². The summed E-state index contributed by atoms with van der Waals surface area (Å²) in [6.45, 7) is 16.0. The van der Waals surface area contributed by atoms with Crippen molar-refractivity contribution in [1.29, 1.82) is 0 Å². The summed E-state index contributed by atoms with van der Waals surface area (Å²) in [7, 11) is 3.41. The minimum absolute atomic E-state index is 0.0185. The molecule has 0 saturated heterocycles. The molecule has 9 heteroatoms. The predicted octanol–water partition coefficient (Wildman–Crippen LogP) is 5.07. The van der Waals surface area contributed by atoms with E-state index in [2.05, 4.69) is 47.7 Å². The summed E-state index contributed by atoms with van der Waals surface area (Å²) in [6.07, 6.45) is 8.64. The van der Waals surface area contributed by atoms with Crippen molar-refractivity contribution in [2.45, 2.75) is 60.9 Å². The van der Waals surface area contributed by atoms with Gasteiger partial charge in [-0.2, -0.15) is 0 Å². The van der Waals surface area contributed by atoms with Crippen LogP contribution in [0.15, 0.2) is 36.2 Å². The lowest BCUT2D eigenvalue weighted by atomic mass is 9.89. The molecule has 2 unspecified atom stereocenters. The van der Waals surface area contributed by atoms with Crippen molar-refractivity contribution in [3.8, 4) is 5.88 Å². The number of rotatable bonds is 9. The summed E-state index contributed by atoms with van der Waals surface area (Å²) < 4.78 is 8.78. The van der Waals surface area contributed by atoms with Gasteiger partial charge in [-0.3, -0.25) is 14.3 Å². The highest BCUT2D eigenvalue weighted by Crippen LogP contribution is 2.29. The molecule has 0 radical (unpaired) electrons. The Morgan fingerprint density at radius 3 is 2.44 bits per heavy atom. The maximum Gasteiger partial charge on any atom is 0.276 e. The molecule has 3 heterocycles. The van der Waals surface area contributed by atoms with Gasteiger partial charge in [-0.1, -0.05) is 54.0 Å². The highest BCUT2D eigenvalue weighted by Gasteiger charge is 2.19. The van der Waals surface area contributed by atoms with Gasteiger partial charge in [-0.15, -0.1) is 5.10 Å². The number of ketones is 1. The van der Waals surface area contributed by atoms with Crippen molar-refractivity contribution in [3.05, 3.63) is 41.7 Å². The van der Waals surface area contributed by atoms with Gasteiger partial charge in [-0.25, -0.2) is 4.98 Å². The summed E-state index contributed by atoms with van der Waals surface area (Å²) in [6, 6.07) is 0. The van der Waals surface area contributed by atoms with Gasteiger partial charge in [0.15, 0.2) is 5.78 Å². The van der Waals surface area contributed by atoms with Gasteiger partial charge in [0.1, 0.15) is 16.7 Å². The van der Waals surface area contributed by atoms with Gasteiger partial charge in [0.25, 0.3) is 11.4 Å². The maximum atomic E-state index is 12.9. The molecule has 2 N–H and O–H groups in total. The fraction of sp³-hybridized carbons (Fsp3) is 0.520. The minimum Gasteiger partial charge on any atom is -0.478 e. The number of imidazole rings is 1. The Hall–Kier alpha value is -3.36. The number of nitrogens with one attached hydrogen (secondary N) is 2. The van der Waals surface area contributed by atoms with Crippen LogP contribution in [0.1, 0.15) is 54.4 Å². The van der Waals surface area contributed by atoms with Crippen LogP contribution in [-0.2, 0) is 18.4 Å². The number of methoxy groups -OCH3 is 1. The Balaban J connectivity index is 0.000000733. The Bertz CT molecular complexity index is 1110. The van der Waals surface area contributed by atoms with Gasteiger partial charge in [0, 0.05) is 19.8 Å². The molecular weight excluding hydrogens is 432 g/mol. The van der Waals surface area contributed by atoms with Crippen LogP contribution >= 0.6 is 0 Å². The zero-order chi connectivity index (χ0) is 25.8. The second-order valence-electron chi connectivity index (χ2n) is 7.85. The zero-order valence-electron chi connectivity index (χ0n) is 21.8. The Labute approximate surface area is 202 Å². The molecule has 0 bridgehead atoms. The maximum absolute atomic E-state index is 12.9. The van der Waals surface area contributed by atoms with E-state index in [1.165, 1.54) is 13.0 Å². The lowest BCUT2D eigenvalue weighted by Crippen LogP contribution is -2.27. The first-order valence-corrected chi connectivity index (χ1v) is 11.8. The zero-order valence-corrected chi connectivity index (χ0v) is 21.8. The van der Waals surface area contributed by atoms with Crippen molar-refractivity contribution >= 4 is 28.2 Å². The van der Waals surface area contributed by atoms with Crippen molar-refractivity contribution in [1.82, 2.24) is 24.3 Å². The average Bonchev–Trinajstić information content (AvgIpc) is 3.48. The normalized spacial score (nSPS) is 12.0. The van der Waals surface area contributed by atoms with E-state index in [1.54, 1.807) is 22.7 Å². The van der Waals surface area contributed by atoms with Gasteiger partial charge in [0.2, 0.25) is 0 Å². The van der Waals surface area contributed by atoms with E-state index >= 15 is 0 Å². The van der Waals surface area contributed by atoms with E-state index in [0.29, 0.717) is 35.3 Å². The third kappa shape index (κ3) is 7.33. The van der Waals surface area contributed by atoms with Gasteiger partial charge >= 0.3 is 0 Å². The Kier molecular flexibility index (Phi) is 11.8. The number of allylic oxidation sites excluding steroid dienone is 1. The van der Waals surface area contributed by atoms with E-state index in [-0.39, 0.29) is 11.3 Å². The number of anilines is 2. The van der Waals surface area contributed by atoms with Crippen LogP contribution in [0.2, 0.25) is 0 Å². The second-order valence-corrected chi connectivity index (χ2v) is 7.85. The molecule has 0 aromatic carbocycles. The number of carbonyl (C=O) groups is 1. The molecular formula is C25H40N6O3. The van der Waals surface area contributed by atoms with Gasteiger partial charge in [-0.05, 0) is 24.8 Å². The molecule has 0 spiro atoms. The summed E-state index contributed by atoms with van der Waals surface area (Å²) in [5.74, 6) is 1.50. The fourth-order valence-electron chi connectivity index (χ4n) is 3.45. The molecule has 3 aromatic heterocycles. The molecule has 0 aliphatic carbocycles. The number of aromatic nitrogens is 5. The highest BCUT2D eigenvalue weighted by atomic mass is 16.5. The predicted molar refractivity (Wildman–Crippen MR) is 139 cm³/mol. The minimum atomic E-state index is -0.0482. The number of aryl methyl sites for hydroxylation is 1. The third-order valence-corrected chi connectivity index (χ3v) is 5.60. The molecule has 2 atom stereocenters. The molecule has 0 amide bonds. The van der Waals surface area contributed by atoms with Gasteiger partial charge in [0.05, 0.1) is 25.3 Å². The van der Waals surface area contributed by atoms with Crippen LogP contribution in [0.25, 0.3) is 11.0 Å². The number of nitrogens with zero attached hydrogens (tertiary/aromatic N) is 4. The number of fused-ring (bicyclic) bond motifs is 1. The van der Waals surface area contributed by atoms with E-state index in [0.717, 1.165) is 24.2 Å². The summed E-state index contributed by atoms with van der Waals surface area (Å²) in [5.41, 5.74) is 2.54. The topological polar surface area (TPSA) is 107 Å². The third-order valence-electron chi connectivity index (χ3n) is 5.60. The molecule has 0 saturated carbocycles. The first kappa shape index (κ1) is 28.7. The quantitative estimate of drug-likeness (QED) is 0.421. The average molecular weight is 473 g/mol. The number of ether oxygens (including phenoxy) is 1. The van der Waals surface area contributed by atoms with Crippen LogP contribution < -0.4 is 15.6 Å². The summed E-state index contributed by atoms with van der Waals surface area (Å²) >= 11 is 0. The van der Waals surface area contributed by atoms with E-state index < -0.39 is 0 Å². The second kappa shape index (κ2) is 14.0. The summed E-state index contributed by atoms with van der Waals surface area (Å²) in [4.78, 5) is 29.9. The number of aromatic amines is 1. The van der Waals surface area contributed by atoms with Crippen LogP contribution in [0.3, 0.4) is 0 Å². The number of hydrogen-bond donors (Lipinski definition) is 2. The molecule has 3 rings (SSSR count). The Morgan fingerprint density at radius 1 is 1.26 bits per heavy atom. The summed E-state index contributed by atoms with van der Waals surface area (Å²) in [5, 5.41) is 7.59. The number of pyridine rings is 1. The molecule has 0 fully saturated rings. The standard InChI is InChI=1S/C19H28N6O2.C4H6O.C2H6/c1-6-12(3)13(7-2)8-25-10-14(16-17(19(25)26)21-11-20-16)22-15-9-24(4)23-18(15)27-5;1-3-4(2)5;1-2/h9-13,22H,6-8H2,1-5H3,(H,20,21);3H,1H2,2H3;1-2H3. The highest BCUT2D eigenvalue weighted by molar-refractivity contribution is 5.89.